The number of hydrogen-bond acceptors (Lipinski definition) is 2. The van der Waals surface area contributed by atoms with E-state index in [-0.39, 0.29) is 12.4 Å². The maximum atomic E-state index is 12.0. The van der Waals surface area contributed by atoms with E-state index in [0.29, 0.717) is 6.61 Å². The van der Waals surface area contributed by atoms with Crippen molar-refractivity contribution in [2.45, 2.75) is 13.3 Å². The smallest absolute Gasteiger partial charge is 0.189 e. The molecular weight excluding hydrogens is 212 g/mol. The number of hydrogen-bond donors (Lipinski definition) is 0. The fourth-order valence-electron chi connectivity index (χ4n) is 1.86. The Hall–Kier alpha value is -1.67. The summed E-state index contributed by atoms with van der Waals surface area (Å²) in [4.78, 5) is 12.0. The van der Waals surface area contributed by atoms with E-state index in [1.54, 1.807) is 0 Å². The van der Waals surface area contributed by atoms with Crippen molar-refractivity contribution in [3.05, 3.63) is 48.0 Å². The van der Waals surface area contributed by atoms with Gasteiger partial charge in [-0.3, -0.25) is 4.79 Å². The van der Waals surface area contributed by atoms with Gasteiger partial charge < -0.3 is 4.74 Å². The molecule has 17 heavy (non-hydrogen) atoms. The molecule has 0 aliphatic rings. The standard InChI is InChI=1S/C15H16O2/c1-2-10-17-11-15(16)14-9-5-7-12-6-3-4-8-13(12)14/h3-9H,2,10-11H2,1H3. The molecule has 0 bridgehead atoms. The molecule has 2 aromatic rings. The third kappa shape index (κ3) is 2.71. The highest BCUT2D eigenvalue weighted by atomic mass is 16.5. The average Bonchev–Trinajstić information content (AvgIpc) is 2.38. The molecule has 0 aliphatic heterocycles. The number of ketones is 1. The molecule has 0 unspecified atom stereocenters. The van der Waals surface area contributed by atoms with Gasteiger partial charge in [0.15, 0.2) is 5.78 Å². The van der Waals surface area contributed by atoms with Gasteiger partial charge in [0, 0.05) is 12.2 Å². The molecular formula is C15H16O2. The maximum absolute atomic E-state index is 12.0. The molecule has 0 saturated heterocycles. The first-order valence-corrected chi connectivity index (χ1v) is 5.91. The van der Waals surface area contributed by atoms with Gasteiger partial charge in [-0.25, -0.2) is 0 Å². The number of Topliss-reactive ketones (excluding diaryl/α,β-unsaturated/α-hetero) is 1. The lowest BCUT2D eigenvalue weighted by atomic mass is 10.0. The van der Waals surface area contributed by atoms with Crippen LogP contribution in [0.2, 0.25) is 0 Å². The molecule has 0 radical (unpaired) electrons. The summed E-state index contributed by atoms with van der Waals surface area (Å²) in [7, 11) is 0. The van der Waals surface area contributed by atoms with Crippen LogP contribution < -0.4 is 0 Å². The monoisotopic (exact) mass is 228 g/mol. The summed E-state index contributed by atoms with van der Waals surface area (Å²) in [6.45, 7) is 2.83. The molecule has 88 valence electrons. The van der Waals surface area contributed by atoms with Crippen LogP contribution in [0.15, 0.2) is 42.5 Å². The number of rotatable bonds is 5. The van der Waals surface area contributed by atoms with Crippen LogP contribution in [0.4, 0.5) is 0 Å². The number of carbonyl (C=O) groups is 1. The summed E-state index contributed by atoms with van der Waals surface area (Å²) < 4.78 is 5.30. The molecule has 0 fully saturated rings. The Balaban J connectivity index is 2.26. The lowest BCUT2D eigenvalue weighted by molar-refractivity contribution is 0.0763. The van der Waals surface area contributed by atoms with E-state index in [2.05, 4.69) is 0 Å². The number of ether oxygens (including phenoxy) is 1. The van der Waals surface area contributed by atoms with E-state index in [9.17, 15) is 4.79 Å². The number of benzene rings is 2. The summed E-state index contributed by atoms with van der Waals surface area (Å²) >= 11 is 0. The van der Waals surface area contributed by atoms with Crippen LogP contribution in [0, 0.1) is 0 Å². The SMILES string of the molecule is CCCOCC(=O)c1cccc2ccccc12. The van der Waals surface area contributed by atoms with Crippen molar-refractivity contribution in [2.24, 2.45) is 0 Å². The van der Waals surface area contributed by atoms with Gasteiger partial charge in [0.2, 0.25) is 0 Å². The molecule has 0 amide bonds. The van der Waals surface area contributed by atoms with Crippen molar-refractivity contribution < 1.29 is 9.53 Å². The van der Waals surface area contributed by atoms with Gasteiger partial charge in [-0.15, -0.1) is 0 Å². The maximum Gasteiger partial charge on any atom is 0.189 e. The van der Waals surface area contributed by atoms with Gasteiger partial charge in [0.1, 0.15) is 6.61 Å². The molecule has 0 N–H and O–H groups in total. The van der Waals surface area contributed by atoms with E-state index in [1.165, 1.54) is 0 Å². The molecule has 2 nitrogen and oxygen atoms in total. The molecule has 2 heteroatoms. The fourth-order valence-corrected chi connectivity index (χ4v) is 1.86. The van der Waals surface area contributed by atoms with Crippen molar-refractivity contribution in [3.8, 4) is 0 Å². The Morgan fingerprint density at radius 3 is 2.71 bits per heavy atom. The first kappa shape index (κ1) is 11.8. The van der Waals surface area contributed by atoms with Crippen LogP contribution in [-0.4, -0.2) is 19.0 Å². The zero-order valence-electron chi connectivity index (χ0n) is 9.98. The second-order valence-electron chi connectivity index (χ2n) is 4.00. The number of fused-ring (bicyclic) bond motifs is 1. The van der Waals surface area contributed by atoms with Gasteiger partial charge in [-0.2, -0.15) is 0 Å². The Morgan fingerprint density at radius 1 is 1.12 bits per heavy atom. The lowest BCUT2D eigenvalue weighted by Gasteiger charge is -2.06. The highest BCUT2D eigenvalue weighted by Crippen LogP contribution is 2.18. The molecule has 0 atom stereocenters. The average molecular weight is 228 g/mol. The summed E-state index contributed by atoms with van der Waals surface area (Å²) in [6.07, 6.45) is 0.933. The zero-order chi connectivity index (χ0) is 12.1. The minimum atomic E-state index is 0.0512. The third-order valence-electron chi connectivity index (χ3n) is 2.67. The lowest BCUT2D eigenvalue weighted by Crippen LogP contribution is -2.10. The van der Waals surface area contributed by atoms with Crippen LogP contribution in [0.5, 0.6) is 0 Å². The summed E-state index contributed by atoms with van der Waals surface area (Å²) in [5.74, 6) is 0.0512. The van der Waals surface area contributed by atoms with Crippen LogP contribution >= 0.6 is 0 Å². The molecule has 2 rings (SSSR count). The Morgan fingerprint density at radius 2 is 1.88 bits per heavy atom. The Bertz CT molecular complexity index is 512. The van der Waals surface area contributed by atoms with Crippen LogP contribution in [0.25, 0.3) is 10.8 Å². The fraction of sp³-hybridized carbons (Fsp3) is 0.267. The second kappa shape index (κ2) is 5.60. The zero-order valence-corrected chi connectivity index (χ0v) is 9.98. The quantitative estimate of drug-likeness (QED) is 0.578. The van der Waals surface area contributed by atoms with E-state index in [1.807, 2.05) is 49.4 Å². The van der Waals surface area contributed by atoms with Gasteiger partial charge in [0.05, 0.1) is 0 Å². The first-order chi connectivity index (χ1) is 8.33. The molecule has 0 spiro atoms. The summed E-state index contributed by atoms with van der Waals surface area (Å²) in [5.41, 5.74) is 0.749. The van der Waals surface area contributed by atoms with Crippen LogP contribution in [0.1, 0.15) is 23.7 Å². The Kier molecular flexibility index (Phi) is 3.89. The first-order valence-electron chi connectivity index (χ1n) is 5.91. The minimum Gasteiger partial charge on any atom is -0.373 e. The third-order valence-corrected chi connectivity index (χ3v) is 2.67. The topological polar surface area (TPSA) is 26.3 Å². The molecule has 0 saturated carbocycles. The van der Waals surface area contributed by atoms with Gasteiger partial charge >= 0.3 is 0 Å². The Labute approximate surface area is 101 Å². The van der Waals surface area contributed by atoms with Crippen molar-refractivity contribution in [1.82, 2.24) is 0 Å². The van der Waals surface area contributed by atoms with Crippen LogP contribution in [-0.2, 0) is 4.74 Å². The number of carbonyl (C=O) groups excluding carboxylic acids is 1. The predicted octanol–water partition coefficient (Wildman–Crippen LogP) is 3.45. The predicted molar refractivity (Wildman–Crippen MR) is 69.4 cm³/mol. The molecule has 0 aromatic heterocycles. The second-order valence-corrected chi connectivity index (χ2v) is 4.00. The highest BCUT2D eigenvalue weighted by Gasteiger charge is 2.09. The van der Waals surface area contributed by atoms with Gasteiger partial charge in [-0.05, 0) is 17.2 Å². The van der Waals surface area contributed by atoms with E-state index >= 15 is 0 Å². The molecule has 2 aromatic carbocycles. The minimum absolute atomic E-state index is 0.0512. The molecule has 0 heterocycles. The van der Waals surface area contributed by atoms with Crippen molar-refractivity contribution in [2.75, 3.05) is 13.2 Å². The normalized spacial score (nSPS) is 10.6. The van der Waals surface area contributed by atoms with Crippen molar-refractivity contribution >= 4 is 16.6 Å². The van der Waals surface area contributed by atoms with E-state index in [0.717, 1.165) is 22.8 Å². The van der Waals surface area contributed by atoms with Crippen molar-refractivity contribution in [3.63, 3.8) is 0 Å². The highest BCUT2D eigenvalue weighted by molar-refractivity contribution is 6.08. The summed E-state index contributed by atoms with van der Waals surface area (Å²) in [5, 5.41) is 2.09. The van der Waals surface area contributed by atoms with Crippen LogP contribution in [0.3, 0.4) is 0 Å². The van der Waals surface area contributed by atoms with Gasteiger partial charge in [0.25, 0.3) is 0 Å². The largest absolute Gasteiger partial charge is 0.373 e. The summed E-state index contributed by atoms with van der Waals surface area (Å²) in [6, 6.07) is 13.7. The van der Waals surface area contributed by atoms with E-state index < -0.39 is 0 Å². The van der Waals surface area contributed by atoms with Crippen molar-refractivity contribution in [1.29, 1.82) is 0 Å². The van der Waals surface area contributed by atoms with E-state index in [4.69, 9.17) is 4.74 Å². The molecule has 0 aliphatic carbocycles. The van der Waals surface area contributed by atoms with Gasteiger partial charge in [-0.1, -0.05) is 49.4 Å².